The number of aliphatic hydroxyl groups is 1. The van der Waals surface area contributed by atoms with E-state index < -0.39 is 35.7 Å². The molecule has 0 spiro atoms. The van der Waals surface area contributed by atoms with Crippen molar-refractivity contribution in [2.24, 2.45) is 5.73 Å². The minimum absolute atomic E-state index is 0.145. The third kappa shape index (κ3) is 3.94. The Morgan fingerprint density at radius 3 is 2.43 bits per heavy atom. The normalized spacial score (nSPS) is 13.6. The van der Waals surface area contributed by atoms with Crippen molar-refractivity contribution in [1.82, 2.24) is 4.98 Å². The molecule has 11 heteroatoms. The number of hydrogen-bond acceptors (Lipinski definition) is 5. The predicted molar refractivity (Wildman–Crippen MR) is 107 cm³/mol. The summed E-state index contributed by atoms with van der Waals surface area (Å²) < 4.78 is 41.9. The maximum absolute atomic E-state index is 14.3. The van der Waals surface area contributed by atoms with Crippen molar-refractivity contribution in [1.29, 1.82) is 0 Å². The number of fused-ring (bicyclic) bond motifs is 1. The van der Waals surface area contributed by atoms with Crippen molar-refractivity contribution < 1.29 is 27.9 Å². The number of thiazole rings is 1. The number of amides is 3. The fourth-order valence-corrected chi connectivity index (χ4v) is 3.69. The zero-order valence-electron chi connectivity index (χ0n) is 15.6. The molecule has 30 heavy (non-hydrogen) atoms. The first kappa shape index (κ1) is 21.5. The quantitative estimate of drug-likeness (QED) is 0.468. The molecule has 1 heterocycles. The Balaban J connectivity index is 1.86. The van der Waals surface area contributed by atoms with E-state index in [-0.39, 0.29) is 10.7 Å². The smallest absolute Gasteiger partial charge is 0.325 e. The van der Waals surface area contributed by atoms with E-state index in [2.05, 4.69) is 15.6 Å². The molecule has 0 fully saturated rings. The number of nitrogens with one attached hydrogen (secondary N) is 2. The molecule has 7 nitrogen and oxygen atoms in total. The van der Waals surface area contributed by atoms with E-state index in [0.717, 1.165) is 24.3 Å². The highest BCUT2D eigenvalue weighted by Crippen LogP contribution is 2.41. The minimum atomic E-state index is -3.78. The lowest BCUT2D eigenvalue weighted by Gasteiger charge is -2.32. The third-order valence-electron chi connectivity index (χ3n) is 4.46. The molecule has 0 aliphatic heterocycles. The summed E-state index contributed by atoms with van der Waals surface area (Å²) >= 11 is 0.948. The van der Waals surface area contributed by atoms with E-state index in [1.54, 1.807) is 0 Å². The topological polar surface area (TPSA) is 117 Å². The standard InChI is InChI=1S/C19H17F3N4O3S/c1-2-18(21,22)19(29,15(23)27)10-3-8-13-14(9-10)30-17(25-13)26-16(28)24-12-6-4-11(20)5-7-12/h3-9,29H,2H2,1H3,(H2,23,27)(H2,24,25,26,28). The number of benzene rings is 2. The highest BCUT2D eigenvalue weighted by molar-refractivity contribution is 7.22. The van der Waals surface area contributed by atoms with Crippen molar-refractivity contribution in [3.05, 3.63) is 53.8 Å². The number of nitrogens with zero attached hydrogens (tertiary/aromatic N) is 1. The molecule has 0 aliphatic carbocycles. The Kier molecular flexibility index (Phi) is 5.68. The van der Waals surface area contributed by atoms with Gasteiger partial charge in [0.05, 0.1) is 10.2 Å². The summed E-state index contributed by atoms with van der Waals surface area (Å²) in [5.41, 5.74) is 2.24. The lowest BCUT2D eigenvalue weighted by Crippen LogP contribution is -2.54. The van der Waals surface area contributed by atoms with Crippen LogP contribution in [-0.4, -0.2) is 28.0 Å². The number of aromatic nitrogens is 1. The lowest BCUT2D eigenvalue weighted by atomic mass is 9.85. The number of alkyl halides is 2. The van der Waals surface area contributed by atoms with Crippen LogP contribution in [0.5, 0.6) is 0 Å². The van der Waals surface area contributed by atoms with Gasteiger partial charge in [0.25, 0.3) is 11.8 Å². The number of urea groups is 1. The Labute approximate surface area is 172 Å². The number of rotatable bonds is 6. The average molecular weight is 438 g/mol. The SMILES string of the molecule is CCC(F)(F)C(O)(C(N)=O)c1ccc2nc(NC(=O)Nc3ccc(F)cc3)sc2c1. The van der Waals surface area contributed by atoms with Crippen molar-refractivity contribution in [3.8, 4) is 0 Å². The number of halogens is 3. The van der Waals surface area contributed by atoms with Gasteiger partial charge in [0, 0.05) is 17.7 Å². The molecule has 1 unspecified atom stereocenters. The van der Waals surface area contributed by atoms with Crippen LogP contribution in [0.3, 0.4) is 0 Å². The van der Waals surface area contributed by atoms with Crippen molar-refractivity contribution >= 4 is 44.3 Å². The number of carbonyl (C=O) groups is 2. The van der Waals surface area contributed by atoms with Crippen molar-refractivity contribution in [2.75, 3.05) is 10.6 Å². The van der Waals surface area contributed by atoms with Crippen LogP contribution in [0.1, 0.15) is 18.9 Å². The second-order valence-corrected chi connectivity index (χ2v) is 7.45. The number of carbonyl (C=O) groups excluding carboxylic acids is 2. The summed E-state index contributed by atoms with van der Waals surface area (Å²) in [5.74, 6) is -5.81. The number of primary amides is 1. The summed E-state index contributed by atoms with van der Waals surface area (Å²) in [6.07, 6.45) is -0.802. The molecular weight excluding hydrogens is 421 g/mol. The van der Waals surface area contributed by atoms with Gasteiger partial charge in [0.2, 0.25) is 5.60 Å². The molecule has 3 rings (SSSR count). The van der Waals surface area contributed by atoms with Crippen LogP contribution in [0.2, 0.25) is 0 Å². The molecule has 3 amide bonds. The van der Waals surface area contributed by atoms with Gasteiger partial charge >= 0.3 is 6.03 Å². The Bertz CT molecular complexity index is 1100. The summed E-state index contributed by atoms with van der Waals surface area (Å²) in [6, 6.07) is 8.12. The van der Waals surface area contributed by atoms with Crippen LogP contribution in [-0.2, 0) is 10.4 Å². The van der Waals surface area contributed by atoms with Crippen molar-refractivity contribution in [3.63, 3.8) is 0 Å². The zero-order valence-corrected chi connectivity index (χ0v) is 16.4. The molecule has 0 saturated carbocycles. The molecule has 3 aromatic rings. The predicted octanol–water partition coefficient (Wildman–Crippen LogP) is 3.80. The zero-order chi connectivity index (χ0) is 22.1. The molecule has 1 atom stereocenters. The van der Waals surface area contributed by atoms with Crippen LogP contribution in [0, 0.1) is 5.82 Å². The maximum atomic E-state index is 14.3. The van der Waals surface area contributed by atoms with Crippen LogP contribution < -0.4 is 16.4 Å². The summed E-state index contributed by atoms with van der Waals surface area (Å²) in [4.78, 5) is 27.9. The van der Waals surface area contributed by atoms with Gasteiger partial charge in [0.1, 0.15) is 5.82 Å². The van der Waals surface area contributed by atoms with Gasteiger partial charge in [-0.3, -0.25) is 10.1 Å². The molecule has 0 saturated heterocycles. The van der Waals surface area contributed by atoms with Gasteiger partial charge in [-0.15, -0.1) is 0 Å². The van der Waals surface area contributed by atoms with E-state index in [1.165, 1.54) is 36.4 Å². The largest absolute Gasteiger partial charge is 0.371 e. The van der Waals surface area contributed by atoms with Crippen LogP contribution >= 0.6 is 11.3 Å². The number of hydrogen-bond donors (Lipinski definition) is 4. The van der Waals surface area contributed by atoms with Crippen molar-refractivity contribution in [2.45, 2.75) is 24.9 Å². The van der Waals surface area contributed by atoms with Crippen LogP contribution in [0.25, 0.3) is 10.2 Å². The second kappa shape index (κ2) is 7.92. The Hall–Kier alpha value is -3.18. The summed E-state index contributed by atoms with van der Waals surface area (Å²) in [7, 11) is 0. The number of anilines is 2. The monoisotopic (exact) mass is 438 g/mol. The molecule has 2 aromatic carbocycles. The summed E-state index contributed by atoms with van der Waals surface area (Å²) in [5, 5.41) is 15.5. The van der Waals surface area contributed by atoms with E-state index in [4.69, 9.17) is 5.73 Å². The van der Waals surface area contributed by atoms with Crippen LogP contribution in [0.4, 0.5) is 28.8 Å². The molecule has 0 bridgehead atoms. The molecule has 158 valence electrons. The Morgan fingerprint density at radius 1 is 1.17 bits per heavy atom. The molecule has 0 aliphatic rings. The van der Waals surface area contributed by atoms with E-state index in [9.17, 15) is 27.9 Å². The Morgan fingerprint density at radius 2 is 1.83 bits per heavy atom. The molecule has 1 aromatic heterocycles. The summed E-state index contributed by atoms with van der Waals surface area (Å²) in [6.45, 7) is 1.13. The van der Waals surface area contributed by atoms with E-state index in [1.807, 2.05) is 0 Å². The molecule has 5 N–H and O–H groups in total. The minimum Gasteiger partial charge on any atom is -0.371 e. The third-order valence-corrected chi connectivity index (χ3v) is 5.39. The van der Waals surface area contributed by atoms with Gasteiger partial charge < -0.3 is 16.2 Å². The van der Waals surface area contributed by atoms with Gasteiger partial charge in [-0.1, -0.05) is 24.3 Å². The second-order valence-electron chi connectivity index (χ2n) is 6.42. The van der Waals surface area contributed by atoms with Gasteiger partial charge in [-0.2, -0.15) is 0 Å². The van der Waals surface area contributed by atoms with E-state index >= 15 is 0 Å². The fraction of sp³-hybridized carbons (Fsp3) is 0.211. The van der Waals surface area contributed by atoms with E-state index in [0.29, 0.717) is 15.9 Å². The first-order chi connectivity index (χ1) is 14.1. The number of nitrogens with two attached hydrogens (primary N) is 1. The van der Waals surface area contributed by atoms with Gasteiger partial charge in [0.15, 0.2) is 5.13 Å². The average Bonchev–Trinajstić information content (AvgIpc) is 3.09. The first-order valence-corrected chi connectivity index (χ1v) is 9.53. The molecular formula is C19H17F3N4O3S. The van der Waals surface area contributed by atoms with Crippen LogP contribution in [0.15, 0.2) is 42.5 Å². The first-order valence-electron chi connectivity index (χ1n) is 8.71. The van der Waals surface area contributed by atoms with Gasteiger partial charge in [-0.25, -0.2) is 22.9 Å². The fourth-order valence-electron chi connectivity index (χ4n) is 2.79. The lowest BCUT2D eigenvalue weighted by molar-refractivity contribution is -0.194. The molecule has 0 radical (unpaired) electrons. The van der Waals surface area contributed by atoms with Gasteiger partial charge in [-0.05, 0) is 36.4 Å². The maximum Gasteiger partial charge on any atom is 0.325 e. The highest BCUT2D eigenvalue weighted by atomic mass is 32.1. The highest BCUT2D eigenvalue weighted by Gasteiger charge is 2.57.